The second-order valence-electron chi connectivity index (χ2n) is 3.84. The summed E-state index contributed by atoms with van der Waals surface area (Å²) in [7, 11) is 0. The van der Waals surface area contributed by atoms with E-state index in [9.17, 15) is 9.59 Å². The number of piperidine rings is 1. The average molecular weight is 214 g/mol. The van der Waals surface area contributed by atoms with E-state index in [2.05, 4.69) is 10.6 Å². The molecule has 1 aliphatic rings. The first-order valence-corrected chi connectivity index (χ1v) is 5.40. The van der Waals surface area contributed by atoms with Gasteiger partial charge in [-0.25, -0.2) is 0 Å². The molecule has 0 aromatic heterocycles. The van der Waals surface area contributed by atoms with Crippen molar-refractivity contribution in [1.82, 2.24) is 10.6 Å². The molecule has 5 heteroatoms. The molecule has 0 aromatic rings. The van der Waals surface area contributed by atoms with Crippen LogP contribution in [0.5, 0.6) is 0 Å². The molecule has 3 N–H and O–H groups in total. The fourth-order valence-electron chi connectivity index (χ4n) is 1.67. The van der Waals surface area contributed by atoms with E-state index in [-0.39, 0.29) is 18.4 Å². The Morgan fingerprint density at radius 2 is 1.93 bits per heavy atom. The molecule has 5 nitrogen and oxygen atoms in total. The third-order valence-corrected chi connectivity index (χ3v) is 2.50. The van der Waals surface area contributed by atoms with Crippen LogP contribution >= 0.6 is 0 Å². The molecule has 0 bridgehead atoms. The van der Waals surface area contributed by atoms with Gasteiger partial charge in [-0.05, 0) is 32.4 Å². The molecule has 0 saturated carbocycles. The number of carbonyl (C=O) groups excluding carboxylic acids is 1. The molecule has 1 saturated heterocycles. The molecule has 1 aliphatic heterocycles. The predicted molar refractivity (Wildman–Crippen MR) is 55.5 cm³/mol. The van der Waals surface area contributed by atoms with Gasteiger partial charge in [-0.15, -0.1) is 0 Å². The number of rotatable bonds is 5. The normalized spacial score (nSPS) is 17.3. The SMILES string of the molecule is O=C(O)CCCC(=O)NC1CCNCC1. The van der Waals surface area contributed by atoms with Gasteiger partial charge in [0.05, 0.1) is 0 Å². The maximum atomic E-state index is 11.4. The number of nitrogens with one attached hydrogen (secondary N) is 2. The van der Waals surface area contributed by atoms with E-state index in [1.807, 2.05) is 0 Å². The highest BCUT2D eigenvalue weighted by atomic mass is 16.4. The number of aliphatic carboxylic acids is 1. The van der Waals surface area contributed by atoms with Gasteiger partial charge in [-0.1, -0.05) is 0 Å². The zero-order valence-electron chi connectivity index (χ0n) is 8.79. The van der Waals surface area contributed by atoms with Crippen LogP contribution in [0.1, 0.15) is 32.1 Å². The Morgan fingerprint density at radius 1 is 1.27 bits per heavy atom. The van der Waals surface area contributed by atoms with Gasteiger partial charge >= 0.3 is 5.97 Å². The molecular formula is C10H18N2O3. The van der Waals surface area contributed by atoms with Crippen LogP contribution < -0.4 is 10.6 Å². The summed E-state index contributed by atoms with van der Waals surface area (Å²) in [6.07, 6.45) is 2.73. The van der Waals surface area contributed by atoms with Gasteiger partial charge in [0.1, 0.15) is 0 Å². The Morgan fingerprint density at radius 3 is 2.53 bits per heavy atom. The average Bonchev–Trinajstić information content (AvgIpc) is 2.18. The third kappa shape index (κ3) is 5.37. The largest absolute Gasteiger partial charge is 0.481 e. The van der Waals surface area contributed by atoms with E-state index in [4.69, 9.17) is 5.11 Å². The molecule has 1 heterocycles. The van der Waals surface area contributed by atoms with Crippen molar-refractivity contribution in [2.24, 2.45) is 0 Å². The van der Waals surface area contributed by atoms with Gasteiger partial charge in [0.2, 0.25) is 5.91 Å². The van der Waals surface area contributed by atoms with Crippen molar-refractivity contribution in [1.29, 1.82) is 0 Å². The minimum absolute atomic E-state index is 0.0249. The summed E-state index contributed by atoms with van der Waals surface area (Å²) in [6, 6.07) is 0.267. The lowest BCUT2D eigenvalue weighted by Crippen LogP contribution is -2.42. The van der Waals surface area contributed by atoms with Crippen LogP contribution in [0, 0.1) is 0 Å². The Bertz CT molecular complexity index is 225. The highest BCUT2D eigenvalue weighted by Crippen LogP contribution is 2.03. The van der Waals surface area contributed by atoms with E-state index in [0.717, 1.165) is 25.9 Å². The number of carboxylic acid groups (broad SMARTS) is 1. The minimum atomic E-state index is -0.843. The van der Waals surface area contributed by atoms with Crippen molar-refractivity contribution in [3.05, 3.63) is 0 Å². The lowest BCUT2D eigenvalue weighted by atomic mass is 10.1. The Balaban J connectivity index is 2.09. The molecule has 0 unspecified atom stereocenters. The van der Waals surface area contributed by atoms with Gasteiger partial charge in [-0.3, -0.25) is 9.59 Å². The first-order valence-electron chi connectivity index (χ1n) is 5.40. The van der Waals surface area contributed by atoms with Crippen LogP contribution in [0.2, 0.25) is 0 Å². The second-order valence-corrected chi connectivity index (χ2v) is 3.84. The smallest absolute Gasteiger partial charge is 0.303 e. The van der Waals surface area contributed by atoms with Gasteiger partial charge in [0, 0.05) is 18.9 Å². The summed E-state index contributed by atoms with van der Waals surface area (Å²) in [5.41, 5.74) is 0. The minimum Gasteiger partial charge on any atom is -0.481 e. The standard InChI is InChI=1S/C10H18N2O3/c13-9(2-1-3-10(14)15)12-8-4-6-11-7-5-8/h8,11H,1-7H2,(H,12,13)(H,14,15). The molecular weight excluding hydrogens is 196 g/mol. The topological polar surface area (TPSA) is 78.4 Å². The van der Waals surface area contributed by atoms with Gasteiger partial charge in [0.25, 0.3) is 0 Å². The molecule has 0 aliphatic carbocycles. The first-order chi connectivity index (χ1) is 7.18. The quantitative estimate of drug-likeness (QED) is 0.607. The van der Waals surface area contributed by atoms with Crippen molar-refractivity contribution >= 4 is 11.9 Å². The maximum Gasteiger partial charge on any atom is 0.303 e. The van der Waals surface area contributed by atoms with Crippen LogP contribution in [0.4, 0.5) is 0 Å². The molecule has 0 spiro atoms. The molecule has 0 radical (unpaired) electrons. The number of hydrogen-bond acceptors (Lipinski definition) is 3. The Hall–Kier alpha value is -1.10. The van der Waals surface area contributed by atoms with Crippen molar-refractivity contribution in [3.8, 4) is 0 Å². The lowest BCUT2D eigenvalue weighted by Gasteiger charge is -2.23. The summed E-state index contributed by atoms with van der Waals surface area (Å²) in [5.74, 6) is -0.868. The highest BCUT2D eigenvalue weighted by molar-refractivity contribution is 5.77. The van der Waals surface area contributed by atoms with Crippen LogP contribution in [0.25, 0.3) is 0 Å². The summed E-state index contributed by atoms with van der Waals surface area (Å²) < 4.78 is 0. The fraction of sp³-hybridized carbons (Fsp3) is 0.800. The molecule has 0 atom stereocenters. The number of carbonyl (C=O) groups is 2. The lowest BCUT2D eigenvalue weighted by molar-refractivity contribution is -0.137. The van der Waals surface area contributed by atoms with E-state index < -0.39 is 5.97 Å². The number of amides is 1. The van der Waals surface area contributed by atoms with Crippen molar-refractivity contribution in [2.45, 2.75) is 38.1 Å². The summed E-state index contributed by atoms with van der Waals surface area (Å²) in [6.45, 7) is 1.89. The van der Waals surface area contributed by atoms with Crippen LogP contribution in [-0.4, -0.2) is 36.1 Å². The summed E-state index contributed by atoms with van der Waals surface area (Å²) in [5, 5.41) is 14.5. The third-order valence-electron chi connectivity index (χ3n) is 2.50. The highest BCUT2D eigenvalue weighted by Gasteiger charge is 2.14. The van der Waals surface area contributed by atoms with Crippen LogP contribution in [0.15, 0.2) is 0 Å². The zero-order valence-corrected chi connectivity index (χ0v) is 8.79. The van der Waals surface area contributed by atoms with Gasteiger partial charge in [0.15, 0.2) is 0 Å². The second kappa shape index (κ2) is 6.40. The van der Waals surface area contributed by atoms with Gasteiger partial charge < -0.3 is 15.7 Å². The summed E-state index contributed by atoms with van der Waals surface area (Å²) >= 11 is 0. The van der Waals surface area contributed by atoms with Crippen molar-refractivity contribution < 1.29 is 14.7 Å². The molecule has 1 fully saturated rings. The molecule has 1 amide bonds. The summed E-state index contributed by atoms with van der Waals surface area (Å²) in [4.78, 5) is 21.6. The monoisotopic (exact) mass is 214 g/mol. The van der Waals surface area contributed by atoms with Crippen LogP contribution in [-0.2, 0) is 9.59 Å². The van der Waals surface area contributed by atoms with E-state index in [1.54, 1.807) is 0 Å². The number of carboxylic acids is 1. The first kappa shape index (κ1) is 12.0. The van der Waals surface area contributed by atoms with E-state index >= 15 is 0 Å². The van der Waals surface area contributed by atoms with Crippen LogP contribution in [0.3, 0.4) is 0 Å². The number of hydrogen-bond donors (Lipinski definition) is 3. The fourth-order valence-corrected chi connectivity index (χ4v) is 1.67. The van der Waals surface area contributed by atoms with E-state index in [1.165, 1.54) is 0 Å². The Labute approximate surface area is 89.2 Å². The molecule has 86 valence electrons. The Kier molecular flexibility index (Phi) is 5.10. The zero-order chi connectivity index (χ0) is 11.1. The predicted octanol–water partition coefficient (Wildman–Crippen LogP) is 0.110. The van der Waals surface area contributed by atoms with Crippen molar-refractivity contribution in [2.75, 3.05) is 13.1 Å². The maximum absolute atomic E-state index is 11.4. The molecule has 1 rings (SSSR count). The van der Waals surface area contributed by atoms with E-state index in [0.29, 0.717) is 12.8 Å². The van der Waals surface area contributed by atoms with Crippen molar-refractivity contribution in [3.63, 3.8) is 0 Å². The van der Waals surface area contributed by atoms with Gasteiger partial charge in [-0.2, -0.15) is 0 Å². The molecule has 15 heavy (non-hydrogen) atoms. The molecule has 0 aromatic carbocycles.